The molecule has 0 spiro atoms. The maximum Gasteiger partial charge on any atom is 0.326 e. The summed E-state index contributed by atoms with van der Waals surface area (Å²) in [7, 11) is 0. The number of fused-ring (bicyclic) bond motifs is 1. The first-order chi connectivity index (χ1) is 12.7. The molecule has 3 rings (SSSR count). The Morgan fingerprint density at radius 1 is 1.26 bits per heavy atom. The number of likely N-dealkylation sites (tertiary alicyclic amines) is 1. The van der Waals surface area contributed by atoms with Gasteiger partial charge in [0.25, 0.3) is 5.91 Å². The molecule has 1 aromatic rings. The fourth-order valence-corrected chi connectivity index (χ4v) is 4.25. The molecule has 2 heterocycles. The number of carboxylic acid groups (broad SMARTS) is 1. The lowest BCUT2D eigenvalue weighted by molar-refractivity contribution is -0.151. The van der Waals surface area contributed by atoms with Crippen LogP contribution in [-0.4, -0.2) is 55.9 Å². The average Bonchev–Trinajstić information content (AvgIpc) is 3.19. The van der Waals surface area contributed by atoms with Gasteiger partial charge in [0.2, 0.25) is 5.91 Å². The Morgan fingerprint density at radius 3 is 2.59 bits per heavy atom. The number of rotatable bonds is 4. The smallest absolute Gasteiger partial charge is 0.326 e. The normalized spacial score (nSPS) is 25.7. The Hall–Kier alpha value is -2.51. The van der Waals surface area contributed by atoms with Crippen molar-refractivity contribution in [3.05, 3.63) is 24.3 Å². The monoisotopic (exact) mass is 374 g/mol. The second-order valence-electron chi connectivity index (χ2n) is 8.46. The van der Waals surface area contributed by atoms with Gasteiger partial charge in [-0.25, -0.2) is 9.78 Å². The van der Waals surface area contributed by atoms with Gasteiger partial charge in [-0.2, -0.15) is 0 Å². The van der Waals surface area contributed by atoms with Crippen molar-refractivity contribution in [2.45, 2.75) is 64.6 Å². The molecule has 3 unspecified atom stereocenters. The summed E-state index contributed by atoms with van der Waals surface area (Å²) in [6, 6.07) is -1.74. The van der Waals surface area contributed by atoms with E-state index in [-0.39, 0.29) is 23.6 Å². The minimum absolute atomic E-state index is 0.0585. The van der Waals surface area contributed by atoms with Crippen LogP contribution in [-0.2, 0) is 9.59 Å². The zero-order valence-electron chi connectivity index (χ0n) is 15.9. The third kappa shape index (κ3) is 3.79. The lowest BCUT2D eigenvalue weighted by Crippen LogP contribution is -2.58. The zero-order valence-corrected chi connectivity index (χ0v) is 15.9. The highest BCUT2D eigenvalue weighted by Gasteiger charge is 2.51. The maximum absolute atomic E-state index is 13.4. The Kier molecular flexibility index (Phi) is 5.17. The number of hydrogen-bond donors (Lipinski definition) is 2. The fraction of sp³-hybridized carbons (Fsp3) is 0.632. The second-order valence-corrected chi connectivity index (χ2v) is 8.46. The first-order valence-corrected chi connectivity index (χ1v) is 9.32. The second kappa shape index (κ2) is 7.25. The van der Waals surface area contributed by atoms with E-state index >= 15 is 0 Å². The molecule has 1 saturated heterocycles. The summed E-state index contributed by atoms with van der Waals surface area (Å²) < 4.78 is 0. The molecular formula is C19H26N4O4. The van der Waals surface area contributed by atoms with Crippen LogP contribution in [0.15, 0.2) is 18.6 Å². The summed E-state index contributed by atoms with van der Waals surface area (Å²) >= 11 is 0. The number of carboxylic acids is 1. The highest BCUT2D eigenvalue weighted by atomic mass is 16.4. The largest absolute Gasteiger partial charge is 0.480 e. The first-order valence-electron chi connectivity index (χ1n) is 9.32. The van der Waals surface area contributed by atoms with Gasteiger partial charge in [0.05, 0.1) is 6.20 Å². The molecule has 0 bridgehead atoms. The molecule has 0 radical (unpaired) electrons. The van der Waals surface area contributed by atoms with Crippen molar-refractivity contribution in [1.82, 2.24) is 20.2 Å². The van der Waals surface area contributed by atoms with Gasteiger partial charge < -0.3 is 15.3 Å². The van der Waals surface area contributed by atoms with E-state index in [1.165, 1.54) is 23.5 Å². The van der Waals surface area contributed by atoms with Crippen molar-refractivity contribution in [3.8, 4) is 0 Å². The van der Waals surface area contributed by atoms with Crippen molar-refractivity contribution in [2.24, 2.45) is 11.3 Å². The third-order valence-electron chi connectivity index (χ3n) is 5.56. The summed E-state index contributed by atoms with van der Waals surface area (Å²) in [4.78, 5) is 47.1. The summed E-state index contributed by atoms with van der Waals surface area (Å²) in [5, 5.41) is 12.4. The highest BCUT2D eigenvalue weighted by molar-refractivity contribution is 5.97. The molecule has 2 N–H and O–H groups in total. The van der Waals surface area contributed by atoms with Crippen LogP contribution in [0.5, 0.6) is 0 Å². The summed E-state index contributed by atoms with van der Waals surface area (Å²) in [6.07, 6.45) is 7.46. The topological polar surface area (TPSA) is 112 Å². The SMILES string of the molecule is CC(C)(C)[C@H](NC(=O)c1cnccn1)C(=O)N1C(C(=O)O)CC2CCCC21. The maximum atomic E-state index is 13.4. The van der Waals surface area contributed by atoms with E-state index in [0.717, 1.165) is 19.3 Å². The fourth-order valence-electron chi connectivity index (χ4n) is 4.25. The number of nitrogens with zero attached hydrogens (tertiary/aromatic N) is 3. The van der Waals surface area contributed by atoms with Gasteiger partial charge in [0.15, 0.2) is 0 Å². The van der Waals surface area contributed by atoms with Crippen molar-refractivity contribution >= 4 is 17.8 Å². The van der Waals surface area contributed by atoms with E-state index in [9.17, 15) is 19.5 Å². The van der Waals surface area contributed by atoms with Crippen molar-refractivity contribution < 1.29 is 19.5 Å². The van der Waals surface area contributed by atoms with Gasteiger partial charge >= 0.3 is 5.97 Å². The lowest BCUT2D eigenvalue weighted by Gasteiger charge is -2.37. The Bertz CT molecular complexity index is 731. The van der Waals surface area contributed by atoms with Crippen LogP contribution < -0.4 is 5.32 Å². The van der Waals surface area contributed by atoms with Crippen LogP contribution in [0.1, 0.15) is 56.9 Å². The van der Waals surface area contributed by atoms with Crippen LogP contribution in [0, 0.1) is 11.3 Å². The number of nitrogens with one attached hydrogen (secondary N) is 1. The summed E-state index contributed by atoms with van der Waals surface area (Å²) in [6.45, 7) is 5.56. The molecule has 8 nitrogen and oxygen atoms in total. The van der Waals surface area contributed by atoms with Crippen LogP contribution >= 0.6 is 0 Å². The molecule has 146 valence electrons. The number of carbonyl (C=O) groups excluding carboxylic acids is 2. The minimum atomic E-state index is -0.981. The molecule has 27 heavy (non-hydrogen) atoms. The van der Waals surface area contributed by atoms with Gasteiger partial charge in [-0.3, -0.25) is 14.6 Å². The van der Waals surface area contributed by atoms with Gasteiger partial charge in [0.1, 0.15) is 17.8 Å². The quantitative estimate of drug-likeness (QED) is 0.825. The van der Waals surface area contributed by atoms with Crippen LogP contribution in [0.25, 0.3) is 0 Å². The summed E-state index contributed by atoms with van der Waals surface area (Å²) in [5.41, 5.74) is -0.469. The van der Waals surface area contributed by atoms with Gasteiger partial charge in [-0.15, -0.1) is 0 Å². The lowest BCUT2D eigenvalue weighted by atomic mass is 9.85. The van der Waals surface area contributed by atoms with Crippen molar-refractivity contribution in [3.63, 3.8) is 0 Å². The Morgan fingerprint density at radius 2 is 2.00 bits per heavy atom. The number of amides is 2. The minimum Gasteiger partial charge on any atom is -0.480 e. The van der Waals surface area contributed by atoms with Crippen LogP contribution in [0.3, 0.4) is 0 Å². The number of aromatic nitrogens is 2. The van der Waals surface area contributed by atoms with E-state index < -0.39 is 29.4 Å². The molecule has 8 heteroatoms. The van der Waals surface area contributed by atoms with E-state index in [0.29, 0.717) is 6.42 Å². The van der Waals surface area contributed by atoms with Gasteiger partial charge in [-0.05, 0) is 30.6 Å². The first kappa shape index (κ1) is 19.3. The van der Waals surface area contributed by atoms with E-state index in [4.69, 9.17) is 0 Å². The molecule has 0 aromatic carbocycles. The standard InChI is InChI=1S/C19H26N4O4/c1-19(2,3)15(22-16(24)12-10-20-7-8-21-12)17(25)23-13-6-4-5-11(13)9-14(23)18(26)27/h7-8,10-11,13-15H,4-6,9H2,1-3H3,(H,22,24)(H,26,27)/t11?,13?,14?,15-/m1/s1. The van der Waals surface area contributed by atoms with E-state index in [1.54, 1.807) is 0 Å². The number of carbonyl (C=O) groups is 3. The molecule has 1 aliphatic heterocycles. The van der Waals surface area contributed by atoms with Crippen molar-refractivity contribution in [2.75, 3.05) is 0 Å². The highest BCUT2D eigenvalue weighted by Crippen LogP contribution is 2.42. The Balaban J connectivity index is 1.87. The van der Waals surface area contributed by atoms with Gasteiger partial charge in [0, 0.05) is 18.4 Å². The van der Waals surface area contributed by atoms with E-state index in [2.05, 4.69) is 15.3 Å². The Labute approximate surface area is 158 Å². The average molecular weight is 374 g/mol. The van der Waals surface area contributed by atoms with Crippen LogP contribution in [0.2, 0.25) is 0 Å². The molecule has 2 amide bonds. The molecular weight excluding hydrogens is 348 g/mol. The molecule has 2 aliphatic rings. The number of aliphatic carboxylic acids is 1. The molecule has 1 aromatic heterocycles. The number of hydrogen-bond acceptors (Lipinski definition) is 5. The van der Waals surface area contributed by atoms with Crippen molar-refractivity contribution in [1.29, 1.82) is 0 Å². The van der Waals surface area contributed by atoms with Gasteiger partial charge in [-0.1, -0.05) is 27.2 Å². The molecule has 1 aliphatic carbocycles. The van der Waals surface area contributed by atoms with Crippen LogP contribution in [0.4, 0.5) is 0 Å². The third-order valence-corrected chi connectivity index (χ3v) is 5.56. The summed E-state index contributed by atoms with van der Waals surface area (Å²) in [5.74, 6) is -1.58. The predicted octanol–water partition coefficient (Wildman–Crippen LogP) is 1.48. The molecule has 4 atom stereocenters. The molecule has 2 fully saturated rings. The molecule has 1 saturated carbocycles. The van der Waals surface area contributed by atoms with E-state index in [1.807, 2.05) is 20.8 Å². The predicted molar refractivity (Wildman–Crippen MR) is 96.8 cm³/mol. The zero-order chi connectivity index (χ0) is 19.8.